The van der Waals surface area contributed by atoms with Crippen molar-refractivity contribution < 1.29 is 4.42 Å². The molecule has 1 aromatic heterocycles. The zero-order chi connectivity index (χ0) is 8.97. The molecular formula is C9H12N2O. The van der Waals surface area contributed by atoms with Crippen LogP contribution in [0.5, 0.6) is 0 Å². The standard InChI is InChI=1S/C9H12N2O/c1-11(2)7-9-4-3-8(12-9)5-6-10/h3-4H,5,7H2,1-2H3. The van der Waals surface area contributed by atoms with Crippen LogP contribution in [0, 0.1) is 11.3 Å². The molecule has 0 unspecified atom stereocenters. The number of nitriles is 1. The molecule has 0 aliphatic rings. The Morgan fingerprint density at radius 2 is 2.08 bits per heavy atom. The number of hydrogen-bond donors (Lipinski definition) is 0. The van der Waals surface area contributed by atoms with Gasteiger partial charge in [0.25, 0.3) is 0 Å². The minimum absolute atomic E-state index is 0.355. The zero-order valence-corrected chi connectivity index (χ0v) is 7.37. The normalized spacial score (nSPS) is 10.2. The van der Waals surface area contributed by atoms with Gasteiger partial charge in [-0.25, -0.2) is 0 Å². The van der Waals surface area contributed by atoms with Gasteiger partial charge in [0.1, 0.15) is 11.5 Å². The summed E-state index contributed by atoms with van der Waals surface area (Å²) in [5.74, 6) is 1.65. The maximum absolute atomic E-state index is 8.39. The maximum Gasteiger partial charge on any atom is 0.118 e. The number of furan rings is 1. The van der Waals surface area contributed by atoms with Crippen molar-refractivity contribution in [2.75, 3.05) is 14.1 Å². The summed E-state index contributed by atoms with van der Waals surface area (Å²) in [6.45, 7) is 0.783. The van der Waals surface area contributed by atoms with E-state index in [1.807, 2.05) is 37.2 Å². The van der Waals surface area contributed by atoms with Crippen LogP contribution >= 0.6 is 0 Å². The third-order valence-electron chi connectivity index (χ3n) is 1.44. The van der Waals surface area contributed by atoms with E-state index in [2.05, 4.69) is 0 Å². The first kappa shape index (κ1) is 8.82. The first-order valence-corrected chi connectivity index (χ1v) is 3.81. The average molecular weight is 164 g/mol. The fourth-order valence-electron chi connectivity index (χ4n) is 0.992. The Hall–Kier alpha value is -1.27. The van der Waals surface area contributed by atoms with E-state index < -0.39 is 0 Å². The van der Waals surface area contributed by atoms with E-state index in [9.17, 15) is 0 Å². The van der Waals surface area contributed by atoms with E-state index in [1.54, 1.807) is 0 Å². The molecule has 64 valence electrons. The average Bonchev–Trinajstić information content (AvgIpc) is 2.36. The van der Waals surface area contributed by atoms with Crippen LogP contribution in [0.4, 0.5) is 0 Å². The fraction of sp³-hybridized carbons (Fsp3) is 0.444. The van der Waals surface area contributed by atoms with Gasteiger partial charge in [0.05, 0.1) is 19.0 Å². The van der Waals surface area contributed by atoms with Crippen LogP contribution in [0.3, 0.4) is 0 Å². The molecule has 0 N–H and O–H groups in total. The summed E-state index contributed by atoms with van der Waals surface area (Å²) >= 11 is 0. The second-order valence-electron chi connectivity index (χ2n) is 2.94. The monoisotopic (exact) mass is 164 g/mol. The molecule has 1 heterocycles. The molecular weight excluding hydrogens is 152 g/mol. The van der Waals surface area contributed by atoms with Gasteiger partial charge < -0.3 is 9.32 Å². The van der Waals surface area contributed by atoms with Crippen LogP contribution in [0.1, 0.15) is 11.5 Å². The van der Waals surface area contributed by atoms with Gasteiger partial charge in [-0.2, -0.15) is 5.26 Å². The van der Waals surface area contributed by atoms with E-state index in [0.717, 1.165) is 18.1 Å². The molecule has 0 radical (unpaired) electrons. The molecule has 0 aliphatic carbocycles. The van der Waals surface area contributed by atoms with E-state index in [0.29, 0.717) is 6.42 Å². The number of nitrogens with zero attached hydrogens (tertiary/aromatic N) is 2. The Labute approximate surface area is 72.2 Å². The SMILES string of the molecule is CN(C)Cc1ccc(CC#N)o1. The molecule has 0 amide bonds. The first-order valence-electron chi connectivity index (χ1n) is 3.81. The Bertz CT molecular complexity index is 283. The van der Waals surface area contributed by atoms with Crippen molar-refractivity contribution in [3.63, 3.8) is 0 Å². The van der Waals surface area contributed by atoms with Gasteiger partial charge in [0.15, 0.2) is 0 Å². The summed E-state index contributed by atoms with van der Waals surface area (Å²) in [4.78, 5) is 2.02. The molecule has 0 saturated carbocycles. The molecule has 0 aromatic carbocycles. The third kappa shape index (κ3) is 2.40. The lowest BCUT2D eigenvalue weighted by molar-refractivity contribution is 0.344. The van der Waals surface area contributed by atoms with Gasteiger partial charge in [0.2, 0.25) is 0 Å². The van der Waals surface area contributed by atoms with Crippen LogP contribution < -0.4 is 0 Å². The minimum Gasteiger partial charge on any atom is -0.464 e. The van der Waals surface area contributed by atoms with Gasteiger partial charge in [-0.3, -0.25) is 0 Å². The lowest BCUT2D eigenvalue weighted by atomic mass is 10.3. The highest BCUT2D eigenvalue weighted by Crippen LogP contribution is 2.09. The lowest BCUT2D eigenvalue weighted by Crippen LogP contribution is -2.09. The maximum atomic E-state index is 8.39. The Morgan fingerprint density at radius 3 is 2.67 bits per heavy atom. The van der Waals surface area contributed by atoms with Gasteiger partial charge in [-0.1, -0.05) is 0 Å². The molecule has 0 spiro atoms. The number of hydrogen-bond acceptors (Lipinski definition) is 3. The largest absolute Gasteiger partial charge is 0.464 e. The second kappa shape index (κ2) is 3.93. The molecule has 1 rings (SSSR count). The zero-order valence-electron chi connectivity index (χ0n) is 7.37. The Kier molecular flexibility index (Phi) is 2.89. The molecule has 0 bridgehead atoms. The smallest absolute Gasteiger partial charge is 0.118 e. The summed E-state index contributed by atoms with van der Waals surface area (Å²) in [6.07, 6.45) is 0.355. The highest BCUT2D eigenvalue weighted by Gasteiger charge is 2.01. The van der Waals surface area contributed by atoms with E-state index in [-0.39, 0.29) is 0 Å². The molecule has 3 nitrogen and oxygen atoms in total. The van der Waals surface area contributed by atoms with Crippen LogP contribution in [0.15, 0.2) is 16.5 Å². The molecule has 0 aliphatic heterocycles. The Balaban J connectivity index is 2.59. The van der Waals surface area contributed by atoms with Crippen LogP contribution in [-0.2, 0) is 13.0 Å². The van der Waals surface area contributed by atoms with Crippen LogP contribution in [0.2, 0.25) is 0 Å². The fourth-order valence-corrected chi connectivity index (χ4v) is 0.992. The van der Waals surface area contributed by atoms with Gasteiger partial charge in [0, 0.05) is 0 Å². The third-order valence-corrected chi connectivity index (χ3v) is 1.44. The topological polar surface area (TPSA) is 40.2 Å². The van der Waals surface area contributed by atoms with Crippen molar-refractivity contribution in [2.45, 2.75) is 13.0 Å². The van der Waals surface area contributed by atoms with E-state index in [1.165, 1.54) is 0 Å². The second-order valence-corrected chi connectivity index (χ2v) is 2.94. The summed E-state index contributed by atoms with van der Waals surface area (Å²) in [5.41, 5.74) is 0. The van der Waals surface area contributed by atoms with Crippen molar-refractivity contribution in [2.24, 2.45) is 0 Å². The number of rotatable bonds is 3. The highest BCUT2D eigenvalue weighted by atomic mass is 16.3. The van der Waals surface area contributed by atoms with Gasteiger partial charge in [-0.15, -0.1) is 0 Å². The van der Waals surface area contributed by atoms with Gasteiger partial charge in [-0.05, 0) is 26.2 Å². The van der Waals surface area contributed by atoms with Crippen molar-refractivity contribution in [1.82, 2.24) is 4.90 Å². The molecule has 0 saturated heterocycles. The summed E-state index contributed by atoms with van der Waals surface area (Å²) < 4.78 is 5.37. The van der Waals surface area contributed by atoms with Crippen molar-refractivity contribution >= 4 is 0 Å². The van der Waals surface area contributed by atoms with Crippen molar-refractivity contribution in [1.29, 1.82) is 5.26 Å². The minimum atomic E-state index is 0.355. The summed E-state index contributed by atoms with van der Waals surface area (Å²) in [5, 5.41) is 8.39. The summed E-state index contributed by atoms with van der Waals surface area (Å²) in [6, 6.07) is 5.80. The van der Waals surface area contributed by atoms with Crippen LogP contribution in [-0.4, -0.2) is 19.0 Å². The Morgan fingerprint density at radius 1 is 1.42 bits per heavy atom. The van der Waals surface area contributed by atoms with E-state index >= 15 is 0 Å². The summed E-state index contributed by atoms with van der Waals surface area (Å²) in [7, 11) is 3.96. The molecule has 0 fully saturated rings. The highest BCUT2D eigenvalue weighted by molar-refractivity contribution is 5.10. The van der Waals surface area contributed by atoms with Crippen molar-refractivity contribution in [3.05, 3.63) is 23.7 Å². The molecule has 3 heteroatoms. The predicted octanol–water partition coefficient (Wildman–Crippen LogP) is 1.41. The van der Waals surface area contributed by atoms with Crippen LogP contribution in [0.25, 0.3) is 0 Å². The first-order chi connectivity index (χ1) is 5.72. The van der Waals surface area contributed by atoms with Gasteiger partial charge >= 0.3 is 0 Å². The molecule has 0 atom stereocenters. The van der Waals surface area contributed by atoms with E-state index in [4.69, 9.17) is 9.68 Å². The molecule has 12 heavy (non-hydrogen) atoms. The predicted molar refractivity (Wildman–Crippen MR) is 45.4 cm³/mol. The lowest BCUT2D eigenvalue weighted by Gasteiger charge is -2.05. The van der Waals surface area contributed by atoms with Crippen molar-refractivity contribution in [3.8, 4) is 6.07 Å². The molecule has 1 aromatic rings. The quantitative estimate of drug-likeness (QED) is 0.678.